The van der Waals surface area contributed by atoms with E-state index in [1.165, 1.54) is 12.3 Å². The molecule has 1 saturated heterocycles. The standard InChI is InChI=1S/C22H20Cl3N3O2S/c23-16-5-3-15(4-6-16)22-13-18(27-31(29,30)19-2-1-10-26-14-19)9-11-28(22)21-8-7-17(24)12-20(21)25/h1-8,10,12,14,18,22,27H,9,11,13H2/t18-,22+/m1/s1. The van der Waals surface area contributed by atoms with Gasteiger partial charge in [0.2, 0.25) is 10.0 Å². The lowest BCUT2D eigenvalue weighted by molar-refractivity contribution is 0.395. The van der Waals surface area contributed by atoms with Gasteiger partial charge < -0.3 is 4.90 Å². The summed E-state index contributed by atoms with van der Waals surface area (Å²) in [6.07, 6.45) is 4.09. The van der Waals surface area contributed by atoms with E-state index in [4.69, 9.17) is 34.8 Å². The fourth-order valence-corrected chi connectivity index (χ4v) is 5.76. The first-order valence-electron chi connectivity index (χ1n) is 9.73. The number of hydrogen-bond donors (Lipinski definition) is 1. The number of hydrogen-bond acceptors (Lipinski definition) is 4. The maximum absolute atomic E-state index is 12.8. The van der Waals surface area contributed by atoms with Crippen LogP contribution in [0.25, 0.3) is 0 Å². The molecule has 162 valence electrons. The van der Waals surface area contributed by atoms with Crippen molar-refractivity contribution in [2.24, 2.45) is 0 Å². The van der Waals surface area contributed by atoms with Gasteiger partial charge in [-0.15, -0.1) is 0 Å². The molecule has 0 saturated carbocycles. The first-order valence-corrected chi connectivity index (χ1v) is 12.3. The van der Waals surface area contributed by atoms with Crippen LogP contribution in [0, 0.1) is 0 Å². The predicted molar refractivity (Wildman–Crippen MR) is 126 cm³/mol. The average molecular weight is 497 g/mol. The van der Waals surface area contributed by atoms with Gasteiger partial charge in [-0.1, -0.05) is 46.9 Å². The van der Waals surface area contributed by atoms with Gasteiger partial charge in [0.15, 0.2) is 0 Å². The highest BCUT2D eigenvalue weighted by Crippen LogP contribution is 2.39. The van der Waals surface area contributed by atoms with E-state index >= 15 is 0 Å². The minimum atomic E-state index is -3.66. The van der Waals surface area contributed by atoms with Crippen LogP contribution < -0.4 is 9.62 Å². The van der Waals surface area contributed by atoms with E-state index in [-0.39, 0.29) is 17.0 Å². The summed E-state index contributed by atoms with van der Waals surface area (Å²) in [6, 6.07) is 15.8. The molecule has 5 nitrogen and oxygen atoms in total. The Morgan fingerprint density at radius 3 is 2.42 bits per heavy atom. The molecule has 4 rings (SSSR count). The quantitative estimate of drug-likeness (QED) is 0.490. The number of aromatic nitrogens is 1. The van der Waals surface area contributed by atoms with Crippen molar-refractivity contribution in [2.45, 2.75) is 29.8 Å². The molecule has 2 atom stereocenters. The van der Waals surface area contributed by atoms with Crippen LogP contribution in [0.1, 0.15) is 24.4 Å². The molecule has 0 radical (unpaired) electrons. The van der Waals surface area contributed by atoms with Crippen LogP contribution in [0.2, 0.25) is 15.1 Å². The van der Waals surface area contributed by atoms with Crippen LogP contribution in [0.4, 0.5) is 5.69 Å². The summed E-state index contributed by atoms with van der Waals surface area (Å²) in [4.78, 5) is 6.26. The second-order valence-electron chi connectivity index (χ2n) is 7.39. The summed E-state index contributed by atoms with van der Waals surface area (Å²) in [6.45, 7) is 0.620. The van der Waals surface area contributed by atoms with E-state index in [2.05, 4.69) is 14.6 Å². The van der Waals surface area contributed by atoms with Gasteiger partial charge in [-0.2, -0.15) is 0 Å². The molecule has 1 N–H and O–H groups in total. The fourth-order valence-electron chi connectivity index (χ4n) is 3.87. The highest BCUT2D eigenvalue weighted by Gasteiger charge is 2.33. The van der Waals surface area contributed by atoms with E-state index in [0.717, 1.165) is 11.3 Å². The van der Waals surface area contributed by atoms with E-state index in [1.54, 1.807) is 24.4 Å². The molecule has 0 spiro atoms. The molecule has 9 heteroatoms. The van der Waals surface area contributed by atoms with Gasteiger partial charge in [0.25, 0.3) is 0 Å². The molecular formula is C22H20Cl3N3O2S. The van der Waals surface area contributed by atoms with Crippen molar-refractivity contribution in [3.8, 4) is 0 Å². The molecule has 0 bridgehead atoms. The van der Waals surface area contributed by atoms with Crippen LogP contribution in [0.3, 0.4) is 0 Å². The highest BCUT2D eigenvalue weighted by molar-refractivity contribution is 7.89. The van der Waals surface area contributed by atoms with Crippen molar-refractivity contribution in [1.82, 2.24) is 9.71 Å². The summed E-state index contributed by atoms with van der Waals surface area (Å²) in [7, 11) is -3.66. The normalized spacial score (nSPS) is 19.4. The number of nitrogens with one attached hydrogen (secondary N) is 1. The zero-order valence-corrected chi connectivity index (χ0v) is 19.5. The summed E-state index contributed by atoms with van der Waals surface area (Å²) < 4.78 is 28.5. The number of piperidine rings is 1. The number of halogens is 3. The van der Waals surface area contributed by atoms with Gasteiger partial charge in [0.1, 0.15) is 4.90 Å². The molecule has 0 aliphatic carbocycles. The van der Waals surface area contributed by atoms with Crippen molar-refractivity contribution >= 4 is 50.5 Å². The second-order valence-corrected chi connectivity index (χ2v) is 10.4. The fraction of sp³-hybridized carbons (Fsp3) is 0.227. The molecular weight excluding hydrogens is 477 g/mol. The SMILES string of the molecule is O=S(=O)(N[C@@H]1CCN(c2ccc(Cl)cc2Cl)[C@H](c2ccc(Cl)cc2)C1)c1cccnc1. The lowest BCUT2D eigenvalue weighted by Gasteiger charge is -2.42. The Hall–Kier alpha value is -1.83. The van der Waals surface area contributed by atoms with E-state index in [9.17, 15) is 8.42 Å². The van der Waals surface area contributed by atoms with E-state index in [0.29, 0.717) is 34.5 Å². The minimum Gasteiger partial charge on any atom is -0.363 e. The smallest absolute Gasteiger partial charge is 0.242 e. The van der Waals surface area contributed by atoms with Gasteiger partial charge in [0.05, 0.1) is 16.8 Å². The predicted octanol–water partition coefficient (Wildman–Crippen LogP) is 5.73. The maximum Gasteiger partial charge on any atom is 0.242 e. The number of sulfonamides is 1. The van der Waals surface area contributed by atoms with Crippen LogP contribution in [-0.4, -0.2) is 26.0 Å². The summed E-state index contributed by atoms with van der Waals surface area (Å²) in [5, 5.41) is 1.77. The lowest BCUT2D eigenvalue weighted by Crippen LogP contribution is -2.46. The molecule has 3 aromatic rings. The Bertz CT molecular complexity index is 1160. The monoisotopic (exact) mass is 495 g/mol. The number of anilines is 1. The third-order valence-corrected chi connectivity index (χ3v) is 7.64. The maximum atomic E-state index is 12.8. The van der Waals surface area contributed by atoms with Gasteiger partial charge in [-0.05, 0) is 60.9 Å². The van der Waals surface area contributed by atoms with Crippen molar-refractivity contribution in [3.63, 3.8) is 0 Å². The van der Waals surface area contributed by atoms with Crippen molar-refractivity contribution in [2.75, 3.05) is 11.4 Å². The molecule has 31 heavy (non-hydrogen) atoms. The zero-order valence-electron chi connectivity index (χ0n) is 16.4. The first-order chi connectivity index (χ1) is 14.8. The van der Waals surface area contributed by atoms with Crippen LogP contribution in [-0.2, 0) is 10.0 Å². The lowest BCUT2D eigenvalue weighted by atomic mass is 9.91. The summed E-state index contributed by atoms with van der Waals surface area (Å²) in [5.41, 5.74) is 1.89. The van der Waals surface area contributed by atoms with Gasteiger partial charge in [-0.25, -0.2) is 13.1 Å². The topological polar surface area (TPSA) is 62.3 Å². The highest BCUT2D eigenvalue weighted by atomic mass is 35.5. The first kappa shape index (κ1) is 22.4. The van der Waals surface area contributed by atoms with Crippen molar-refractivity contribution in [1.29, 1.82) is 0 Å². The molecule has 1 aliphatic rings. The Morgan fingerprint density at radius 2 is 1.74 bits per heavy atom. The number of pyridine rings is 1. The van der Waals surface area contributed by atoms with Gasteiger partial charge >= 0.3 is 0 Å². The number of benzene rings is 2. The van der Waals surface area contributed by atoms with Crippen LogP contribution in [0.5, 0.6) is 0 Å². The molecule has 0 amide bonds. The van der Waals surface area contributed by atoms with Gasteiger partial charge in [-0.3, -0.25) is 4.98 Å². The Balaban J connectivity index is 1.63. The Labute approximate surface area is 197 Å². The number of nitrogens with zero attached hydrogens (tertiary/aromatic N) is 2. The molecule has 0 unspecified atom stereocenters. The summed E-state index contributed by atoms with van der Waals surface area (Å²) in [5.74, 6) is 0. The largest absolute Gasteiger partial charge is 0.363 e. The zero-order chi connectivity index (χ0) is 22.0. The third kappa shape index (κ3) is 5.16. The molecule has 1 aliphatic heterocycles. The van der Waals surface area contributed by atoms with Crippen molar-refractivity contribution in [3.05, 3.63) is 87.6 Å². The van der Waals surface area contributed by atoms with E-state index in [1.807, 2.05) is 30.3 Å². The number of rotatable bonds is 5. The average Bonchev–Trinajstić information content (AvgIpc) is 2.75. The molecule has 1 fully saturated rings. The Kier molecular flexibility index (Phi) is 6.74. The molecule has 2 aromatic carbocycles. The molecule has 2 heterocycles. The third-order valence-electron chi connectivity index (χ3n) is 5.34. The Morgan fingerprint density at radius 1 is 1.00 bits per heavy atom. The summed E-state index contributed by atoms with van der Waals surface area (Å²) >= 11 is 18.7. The van der Waals surface area contributed by atoms with Crippen molar-refractivity contribution < 1.29 is 8.42 Å². The van der Waals surface area contributed by atoms with E-state index < -0.39 is 10.0 Å². The van der Waals surface area contributed by atoms with Gasteiger partial charge in [0, 0.05) is 35.0 Å². The minimum absolute atomic E-state index is 0.0914. The van der Waals surface area contributed by atoms with Crippen LogP contribution in [0.15, 0.2) is 71.9 Å². The van der Waals surface area contributed by atoms with Crippen LogP contribution >= 0.6 is 34.8 Å². The second kappa shape index (κ2) is 9.35. The molecule has 1 aromatic heterocycles.